The summed E-state index contributed by atoms with van der Waals surface area (Å²) in [5, 5.41) is 13.3. The van der Waals surface area contributed by atoms with Gasteiger partial charge in [-0.2, -0.15) is 0 Å². The van der Waals surface area contributed by atoms with Gasteiger partial charge in [-0.15, -0.1) is 0 Å². The highest BCUT2D eigenvalue weighted by atomic mass is 35.5. The maximum absolute atomic E-state index is 12.0. The first-order valence-corrected chi connectivity index (χ1v) is 8.86. The number of carbonyl (C=O) groups excluding carboxylic acids is 1. The van der Waals surface area contributed by atoms with E-state index >= 15 is 0 Å². The fourth-order valence-electron chi connectivity index (χ4n) is 3.34. The molecule has 26 heavy (non-hydrogen) atoms. The lowest BCUT2D eigenvalue weighted by atomic mass is 9.92. The van der Waals surface area contributed by atoms with E-state index in [0.717, 1.165) is 19.2 Å². The zero-order chi connectivity index (χ0) is 19.3. The van der Waals surface area contributed by atoms with Gasteiger partial charge in [0.05, 0.1) is 23.8 Å². The molecule has 1 aromatic carbocycles. The largest absolute Gasteiger partial charge is 0.494 e. The highest BCUT2D eigenvalue weighted by Gasteiger charge is 2.22. The number of benzene rings is 1. The van der Waals surface area contributed by atoms with E-state index in [1.54, 1.807) is 0 Å². The van der Waals surface area contributed by atoms with E-state index in [9.17, 15) is 14.9 Å². The van der Waals surface area contributed by atoms with Gasteiger partial charge in [0.1, 0.15) is 17.4 Å². The Labute approximate surface area is 157 Å². The first-order chi connectivity index (χ1) is 12.3. The number of piperidine rings is 1. The topological polar surface area (TPSA) is 93.9 Å². The number of methoxy groups -OCH3 is 1. The smallest absolute Gasteiger partial charge is 0.411 e. The van der Waals surface area contributed by atoms with Crippen molar-refractivity contribution in [3.05, 3.63) is 27.3 Å². The van der Waals surface area contributed by atoms with Crippen molar-refractivity contribution in [2.75, 3.05) is 38.7 Å². The second kappa shape index (κ2) is 9.05. The van der Waals surface area contributed by atoms with Gasteiger partial charge in [-0.3, -0.25) is 20.3 Å². The third-order valence-electron chi connectivity index (χ3n) is 4.29. The Bertz CT molecular complexity index is 660. The van der Waals surface area contributed by atoms with Crippen molar-refractivity contribution in [1.29, 1.82) is 0 Å². The van der Waals surface area contributed by atoms with Crippen molar-refractivity contribution in [3.63, 3.8) is 0 Å². The molecule has 2 rings (SSSR count). The SMILES string of the molecule is COc1cc([N+](=O)[O-])c(Cl)cc1NC(=O)OCCN1CC(C)CC(C)C1. The van der Waals surface area contributed by atoms with Gasteiger partial charge in [0.25, 0.3) is 5.69 Å². The van der Waals surface area contributed by atoms with Crippen molar-refractivity contribution >= 4 is 29.1 Å². The molecule has 1 fully saturated rings. The van der Waals surface area contributed by atoms with E-state index < -0.39 is 11.0 Å². The predicted octanol–water partition coefficient (Wildman–Crippen LogP) is 3.78. The minimum atomic E-state index is -0.661. The molecule has 0 saturated carbocycles. The highest BCUT2D eigenvalue weighted by molar-refractivity contribution is 6.33. The number of nitro benzene ring substituents is 1. The maximum Gasteiger partial charge on any atom is 0.411 e. The van der Waals surface area contributed by atoms with Crippen molar-refractivity contribution in [2.45, 2.75) is 20.3 Å². The molecule has 2 unspecified atom stereocenters. The number of nitrogens with zero attached hydrogens (tertiary/aromatic N) is 2. The molecule has 1 aliphatic heterocycles. The number of nitrogens with one attached hydrogen (secondary N) is 1. The van der Waals surface area contributed by atoms with Crippen LogP contribution in [0, 0.1) is 22.0 Å². The molecule has 1 saturated heterocycles. The summed E-state index contributed by atoms with van der Waals surface area (Å²) in [5.41, 5.74) is -0.0795. The van der Waals surface area contributed by atoms with Crippen LogP contribution in [-0.4, -0.2) is 49.3 Å². The number of amides is 1. The summed E-state index contributed by atoms with van der Waals surface area (Å²) >= 11 is 5.87. The van der Waals surface area contributed by atoms with Crippen LogP contribution in [0.15, 0.2) is 12.1 Å². The van der Waals surface area contributed by atoms with Crippen LogP contribution < -0.4 is 10.1 Å². The van der Waals surface area contributed by atoms with Crippen molar-refractivity contribution in [2.24, 2.45) is 11.8 Å². The number of halogens is 1. The van der Waals surface area contributed by atoms with Crippen LogP contribution in [0.25, 0.3) is 0 Å². The van der Waals surface area contributed by atoms with Gasteiger partial charge in [-0.25, -0.2) is 4.79 Å². The van der Waals surface area contributed by atoms with E-state index in [4.69, 9.17) is 21.1 Å². The normalized spacial score (nSPS) is 20.5. The molecule has 1 aromatic rings. The van der Waals surface area contributed by atoms with Crippen LogP contribution in [0.2, 0.25) is 5.02 Å². The van der Waals surface area contributed by atoms with Gasteiger partial charge in [0, 0.05) is 19.6 Å². The molecule has 1 aliphatic rings. The summed E-state index contributed by atoms with van der Waals surface area (Å²) in [6.07, 6.45) is 0.560. The molecule has 1 heterocycles. The summed E-state index contributed by atoms with van der Waals surface area (Å²) < 4.78 is 10.3. The summed E-state index contributed by atoms with van der Waals surface area (Å²) in [7, 11) is 1.35. The Balaban J connectivity index is 1.89. The number of hydrogen-bond donors (Lipinski definition) is 1. The number of anilines is 1. The Kier molecular flexibility index (Phi) is 7.05. The molecular weight excluding hydrogens is 362 g/mol. The molecule has 9 heteroatoms. The summed E-state index contributed by atoms with van der Waals surface area (Å²) in [5.74, 6) is 1.41. The van der Waals surface area contributed by atoms with E-state index in [2.05, 4.69) is 24.1 Å². The molecule has 0 radical (unpaired) electrons. The molecule has 0 bridgehead atoms. The first kappa shape index (κ1) is 20.3. The molecule has 1 amide bonds. The Morgan fingerprint density at radius 2 is 2.04 bits per heavy atom. The van der Waals surface area contributed by atoms with Crippen LogP contribution >= 0.6 is 11.6 Å². The minimum Gasteiger partial charge on any atom is -0.494 e. The Hall–Kier alpha value is -2.06. The second-order valence-electron chi connectivity index (χ2n) is 6.73. The van der Waals surface area contributed by atoms with Crippen LogP contribution in [0.5, 0.6) is 5.75 Å². The summed E-state index contributed by atoms with van der Waals surface area (Å²) in [6.45, 7) is 7.37. The van der Waals surface area contributed by atoms with Gasteiger partial charge >= 0.3 is 6.09 Å². The first-order valence-electron chi connectivity index (χ1n) is 8.48. The van der Waals surface area contributed by atoms with E-state index in [0.29, 0.717) is 18.4 Å². The predicted molar refractivity (Wildman–Crippen MR) is 99.0 cm³/mol. The molecule has 8 nitrogen and oxygen atoms in total. The van der Waals surface area contributed by atoms with Gasteiger partial charge in [0.15, 0.2) is 0 Å². The lowest BCUT2D eigenvalue weighted by Crippen LogP contribution is -2.40. The molecular formula is C17H24ClN3O5. The molecule has 2 atom stereocenters. The fourth-order valence-corrected chi connectivity index (χ4v) is 3.57. The van der Waals surface area contributed by atoms with E-state index in [1.807, 2.05) is 0 Å². The molecule has 0 spiro atoms. The molecule has 0 aromatic heterocycles. The number of carbonyl (C=O) groups is 1. The highest BCUT2D eigenvalue weighted by Crippen LogP contribution is 2.35. The zero-order valence-electron chi connectivity index (χ0n) is 15.2. The Morgan fingerprint density at radius 1 is 1.38 bits per heavy atom. The number of hydrogen-bond acceptors (Lipinski definition) is 6. The van der Waals surface area contributed by atoms with Crippen LogP contribution in [0.1, 0.15) is 20.3 Å². The number of likely N-dealkylation sites (tertiary alicyclic amines) is 1. The van der Waals surface area contributed by atoms with Crippen molar-refractivity contribution in [3.8, 4) is 5.75 Å². The lowest BCUT2D eigenvalue weighted by Gasteiger charge is -2.34. The summed E-state index contributed by atoms with van der Waals surface area (Å²) in [6, 6.07) is 2.43. The minimum absolute atomic E-state index is 0.0950. The van der Waals surface area contributed by atoms with Gasteiger partial charge in [-0.1, -0.05) is 25.4 Å². The second-order valence-corrected chi connectivity index (χ2v) is 7.13. The molecule has 0 aliphatic carbocycles. The van der Waals surface area contributed by atoms with E-state index in [-0.39, 0.29) is 28.8 Å². The van der Waals surface area contributed by atoms with Crippen molar-refractivity contribution in [1.82, 2.24) is 4.90 Å². The van der Waals surface area contributed by atoms with Crippen LogP contribution in [0.3, 0.4) is 0 Å². The average Bonchev–Trinajstić information content (AvgIpc) is 2.53. The summed E-state index contributed by atoms with van der Waals surface area (Å²) in [4.78, 5) is 24.6. The fraction of sp³-hybridized carbons (Fsp3) is 0.588. The number of rotatable bonds is 6. The van der Waals surface area contributed by atoms with Crippen molar-refractivity contribution < 1.29 is 19.2 Å². The van der Waals surface area contributed by atoms with Crippen LogP contribution in [-0.2, 0) is 4.74 Å². The molecule has 144 valence electrons. The standard InChI is InChI=1S/C17H24ClN3O5/c1-11-6-12(2)10-20(9-11)4-5-26-17(22)19-14-7-13(18)15(21(23)24)8-16(14)25-3/h7-8,11-12H,4-6,9-10H2,1-3H3,(H,19,22). The third-order valence-corrected chi connectivity index (χ3v) is 4.59. The zero-order valence-corrected chi connectivity index (χ0v) is 15.9. The number of ether oxygens (including phenoxy) is 2. The van der Waals surface area contributed by atoms with Gasteiger partial charge < -0.3 is 9.47 Å². The average molecular weight is 386 g/mol. The quantitative estimate of drug-likeness (QED) is 0.591. The monoisotopic (exact) mass is 385 g/mol. The van der Waals surface area contributed by atoms with E-state index in [1.165, 1.54) is 19.6 Å². The van der Waals surface area contributed by atoms with Gasteiger partial charge in [0.2, 0.25) is 0 Å². The van der Waals surface area contributed by atoms with Crippen LogP contribution in [0.4, 0.5) is 16.2 Å². The maximum atomic E-state index is 12.0. The number of nitro groups is 1. The lowest BCUT2D eigenvalue weighted by molar-refractivity contribution is -0.384. The Morgan fingerprint density at radius 3 is 2.62 bits per heavy atom. The third kappa shape index (κ3) is 5.47. The van der Waals surface area contributed by atoms with Gasteiger partial charge in [-0.05, 0) is 24.3 Å². The molecule has 1 N–H and O–H groups in total.